The number of rotatable bonds is 3. The number of thioether (sulfide) groups is 1. The average Bonchev–Trinajstić information content (AvgIpc) is 3.14. The topological polar surface area (TPSA) is 24.4 Å². The summed E-state index contributed by atoms with van der Waals surface area (Å²) in [7, 11) is 0. The molecule has 0 fully saturated rings. The Kier molecular flexibility index (Phi) is 5.93. The molecular formula is C25H22N2S2. The normalized spacial score (nSPS) is 17.2. The van der Waals surface area contributed by atoms with Gasteiger partial charge >= 0.3 is 0 Å². The average molecular weight is 415 g/mol. The number of hydrogen-bond donors (Lipinski definition) is 1. The van der Waals surface area contributed by atoms with Crippen LogP contribution in [-0.2, 0) is 0 Å². The number of aliphatic imine (C=N–C) groups is 1. The molecule has 4 heteroatoms. The van der Waals surface area contributed by atoms with E-state index in [-0.39, 0.29) is 5.92 Å². The van der Waals surface area contributed by atoms with E-state index in [0.717, 1.165) is 10.7 Å². The molecule has 1 aliphatic rings. The van der Waals surface area contributed by atoms with Gasteiger partial charge in [-0.25, -0.2) is 4.99 Å². The van der Waals surface area contributed by atoms with Gasteiger partial charge < -0.3 is 5.32 Å². The van der Waals surface area contributed by atoms with E-state index in [2.05, 4.69) is 67.0 Å². The van der Waals surface area contributed by atoms with Crippen LogP contribution in [0.5, 0.6) is 0 Å². The second-order valence-corrected chi connectivity index (χ2v) is 8.30. The molecule has 0 aromatic heterocycles. The lowest BCUT2D eigenvalue weighted by Gasteiger charge is -2.20. The van der Waals surface area contributed by atoms with Gasteiger partial charge in [-0.2, -0.15) is 0 Å². The Morgan fingerprint density at radius 3 is 2.31 bits per heavy atom. The molecule has 29 heavy (non-hydrogen) atoms. The van der Waals surface area contributed by atoms with Gasteiger partial charge in [0.25, 0.3) is 0 Å². The molecule has 3 aromatic rings. The summed E-state index contributed by atoms with van der Waals surface area (Å²) in [6.45, 7) is 4.35. The van der Waals surface area contributed by atoms with Crippen LogP contribution in [0.3, 0.4) is 0 Å². The lowest BCUT2D eigenvalue weighted by Crippen LogP contribution is -2.14. The molecule has 1 N–H and O–H groups in total. The number of aryl methyl sites for hydroxylation is 1. The van der Waals surface area contributed by atoms with Gasteiger partial charge in [0.2, 0.25) is 0 Å². The van der Waals surface area contributed by atoms with Crippen molar-refractivity contribution in [1.82, 2.24) is 0 Å². The molecule has 1 atom stereocenters. The van der Waals surface area contributed by atoms with E-state index in [0.29, 0.717) is 5.11 Å². The van der Waals surface area contributed by atoms with Crippen LogP contribution < -0.4 is 5.32 Å². The third-order valence-electron chi connectivity index (χ3n) is 5.17. The van der Waals surface area contributed by atoms with Gasteiger partial charge in [0.05, 0.1) is 11.0 Å². The van der Waals surface area contributed by atoms with E-state index in [1.165, 1.54) is 27.8 Å². The Bertz CT molecular complexity index is 1090. The first-order chi connectivity index (χ1) is 14.1. The lowest BCUT2D eigenvalue weighted by molar-refractivity contribution is 1.13. The van der Waals surface area contributed by atoms with Crippen LogP contribution in [0.4, 0.5) is 5.69 Å². The molecule has 0 amide bonds. The number of nitrogens with zero attached hydrogens (tertiary/aromatic N) is 1. The second kappa shape index (κ2) is 8.76. The van der Waals surface area contributed by atoms with Crippen LogP contribution >= 0.6 is 24.0 Å². The fraction of sp³-hybridized carbons (Fsp3) is 0.120. The standard InChI is InChI=1S/C25H22N2S2/c1-17-10-9-15-21(18(17)2)23-22(19-11-5-3-6-12-19)16-29-24(23)27-25(28)26-20-13-7-4-8-14-20/h3-16,23H,1-2H3,(H,26,28)/b27-24+. The Labute approximate surface area is 181 Å². The molecule has 0 aliphatic carbocycles. The maximum atomic E-state index is 5.55. The zero-order valence-electron chi connectivity index (χ0n) is 16.4. The summed E-state index contributed by atoms with van der Waals surface area (Å²) in [6.07, 6.45) is 0. The number of hydrogen-bond acceptors (Lipinski definition) is 2. The van der Waals surface area contributed by atoms with Crippen LogP contribution in [-0.4, -0.2) is 10.2 Å². The molecule has 0 bridgehead atoms. The zero-order valence-corrected chi connectivity index (χ0v) is 18.1. The number of thiocarbonyl (C=S) groups is 1. The second-order valence-electron chi connectivity index (χ2n) is 7.03. The molecule has 2 nitrogen and oxygen atoms in total. The van der Waals surface area contributed by atoms with Gasteiger partial charge in [0.15, 0.2) is 5.11 Å². The van der Waals surface area contributed by atoms with Crippen LogP contribution in [0.2, 0.25) is 0 Å². The fourth-order valence-corrected chi connectivity index (χ4v) is 4.84. The van der Waals surface area contributed by atoms with E-state index in [9.17, 15) is 0 Å². The predicted molar refractivity (Wildman–Crippen MR) is 131 cm³/mol. The van der Waals surface area contributed by atoms with Crippen molar-refractivity contribution in [2.45, 2.75) is 19.8 Å². The highest BCUT2D eigenvalue weighted by atomic mass is 32.2. The Morgan fingerprint density at radius 1 is 0.897 bits per heavy atom. The highest BCUT2D eigenvalue weighted by Crippen LogP contribution is 2.45. The minimum atomic E-state index is 0.0813. The molecule has 1 aliphatic heterocycles. The Morgan fingerprint density at radius 2 is 1.59 bits per heavy atom. The predicted octanol–water partition coefficient (Wildman–Crippen LogP) is 6.97. The first-order valence-corrected chi connectivity index (χ1v) is 10.8. The summed E-state index contributed by atoms with van der Waals surface area (Å²) in [5.41, 5.74) is 7.31. The zero-order chi connectivity index (χ0) is 20.2. The SMILES string of the molecule is Cc1cccc(C2C(c3ccccc3)=CS/C2=N/C(=S)Nc2ccccc2)c1C. The van der Waals surface area contributed by atoms with Gasteiger partial charge in [0, 0.05) is 5.69 Å². The summed E-state index contributed by atoms with van der Waals surface area (Å²) < 4.78 is 0. The smallest absolute Gasteiger partial charge is 0.198 e. The van der Waals surface area contributed by atoms with Crippen LogP contribution in [0.1, 0.15) is 28.2 Å². The molecule has 0 spiro atoms. The molecule has 1 unspecified atom stereocenters. The Balaban J connectivity index is 1.72. The number of anilines is 1. The largest absolute Gasteiger partial charge is 0.331 e. The first kappa shape index (κ1) is 19.6. The van der Waals surface area contributed by atoms with Crippen molar-refractivity contribution >= 4 is 45.4 Å². The maximum Gasteiger partial charge on any atom is 0.198 e. The van der Waals surface area contributed by atoms with Gasteiger partial charge in [-0.05, 0) is 71.4 Å². The summed E-state index contributed by atoms with van der Waals surface area (Å²) in [4.78, 5) is 4.82. The van der Waals surface area contributed by atoms with Crippen molar-refractivity contribution in [3.8, 4) is 0 Å². The molecule has 3 aromatic carbocycles. The van der Waals surface area contributed by atoms with Crippen molar-refractivity contribution < 1.29 is 0 Å². The monoisotopic (exact) mass is 414 g/mol. The van der Waals surface area contributed by atoms with Crippen molar-refractivity contribution in [1.29, 1.82) is 0 Å². The van der Waals surface area contributed by atoms with E-state index in [1.54, 1.807) is 11.8 Å². The van der Waals surface area contributed by atoms with Crippen molar-refractivity contribution in [2.75, 3.05) is 5.32 Å². The maximum absolute atomic E-state index is 5.55. The third-order valence-corrected chi connectivity index (χ3v) is 6.30. The lowest BCUT2D eigenvalue weighted by atomic mass is 9.85. The highest BCUT2D eigenvalue weighted by Gasteiger charge is 2.31. The van der Waals surface area contributed by atoms with Gasteiger partial charge in [-0.1, -0.05) is 78.5 Å². The van der Waals surface area contributed by atoms with Crippen LogP contribution in [0, 0.1) is 13.8 Å². The fourth-order valence-electron chi connectivity index (χ4n) is 3.51. The van der Waals surface area contributed by atoms with E-state index < -0.39 is 0 Å². The van der Waals surface area contributed by atoms with Gasteiger partial charge in [-0.3, -0.25) is 0 Å². The van der Waals surface area contributed by atoms with Crippen molar-refractivity contribution in [2.24, 2.45) is 4.99 Å². The molecule has 4 rings (SSSR count). The number of para-hydroxylation sites is 1. The molecule has 144 valence electrons. The molecule has 1 heterocycles. The summed E-state index contributed by atoms with van der Waals surface area (Å²) in [6, 6.07) is 27.0. The van der Waals surface area contributed by atoms with E-state index >= 15 is 0 Å². The van der Waals surface area contributed by atoms with Gasteiger partial charge in [0.1, 0.15) is 0 Å². The Hall–Kier alpha value is -2.69. The summed E-state index contributed by atoms with van der Waals surface area (Å²) >= 11 is 7.22. The molecule has 0 radical (unpaired) electrons. The number of allylic oxidation sites excluding steroid dienone is 1. The minimum absolute atomic E-state index is 0.0813. The quantitative estimate of drug-likeness (QED) is 0.468. The summed E-state index contributed by atoms with van der Waals surface area (Å²) in [5, 5.41) is 6.93. The van der Waals surface area contributed by atoms with E-state index in [1.807, 2.05) is 36.4 Å². The van der Waals surface area contributed by atoms with Crippen molar-refractivity contribution in [3.63, 3.8) is 0 Å². The van der Waals surface area contributed by atoms with E-state index in [4.69, 9.17) is 17.2 Å². The van der Waals surface area contributed by atoms with Crippen molar-refractivity contribution in [3.05, 3.63) is 107 Å². The molecular weight excluding hydrogens is 392 g/mol. The highest BCUT2D eigenvalue weighted by molar-refractivity contribution is 8.17. The minimum Gasteiger partial charge on any atom is -0.331 e. The van der Waals surface area contributed by atoms with Crippen LogP contribution in [0.25, 0.3) is 5.57 Å². The first-order valence-electron chi connectivity index (χ1n) is 9.56. The van der Waals surface area contributed by atoms with Gasteiger partial charge in [-0.15, -0.1) is 0 Å². The molecule has 0 saturated carbocycles. The third kappa shape index (κ3) is 4.34. The number of benzene rings is 3. The summed E-state index contributed by atoms with van der Waals surface area (Å²) in [5.74, 6) is 0.0813. The molecule has 0 saturated heterocycles. The number of nitrogens with one attached hydrogen (secondary N) is 1. The van der Waals surface area contributed by atoms with Crippen LogP contribution in [0.15, 0.2) is 89.3 Å².